The summed E-state index contributed by atoms with van der Waals surface area (Å²) in [5.74, 6) is 0.826. The molecular weight excluding hydrogens is 314 g/mol. The Bertz CT molecular complexity index is 670. The highest BCUT2D eigenvalue weighted by atomic mass is 16.5. The van der Waals surface area contributed by atoms with Crippen LogP contribution in [0.5, 0.6) is 5.75 Å². The molecule has 5 nitrogen and oxygen atoms in total. The van der Waals surface area contributed by atoms with Crippen LogP contribution in [0.4, 0.5) is 0 Å². The van der Waals surface area contributed by atoms with E-state index in [2.05, 4.69) is 27.3 Å². The number of aromatic nitrogens is 1. The van der Waals surface area contributed by atoms with Crippen LogP contribution in [-0.2, 0) is 6.54 Å². The van der Waals surface area contributed by atoms with Crippen LogP contribution >= 0.6 is 0 Å². The lowest BCUT2D eigenvalue weighted by Crippen LogP contribution is -2.25. The lowest BCUT2D eigenvalue weighted by atomic mass is 10.2. The number of nitrogens with one attached hydrogen (secondary N) is 1. The summed E-state index contributed by atoms with van der Waals surface area (Å²) in [4.78, 5) is 18.3. The molecule has 25 heavy (non-hydrogen) atoms. The Hall–Kier alpha value is -2.40. The van der Waals surface area contributed by atoms with Gasteiger partial charge in [0.25, 0.3) is 5.91 Å². The number of carbonyl (C=O) groups excluding carboxylic acids is 1. The second-order valence-electron chi connectivity index (χ2n) is 6.32. The van der Waals surface area contributed by atoms with Crippen molar-refractivity contribution in [2.45, 2.75) is 25.8 Å². The smallest absolute Gasteiger partial charge is 0.251 e. The van der Waals surface area contributed by atoms with Crippen molar-refractivity contribution >= 4 is 5.91 Å². The van der Waals surface area contributed by atoms with Crippen LogP contribution in [-0.4, -0.2) is 42.0 Å². The maximum absolute atomic E-state index is 11.9. The van der Waals surface area contributed by atoms with Gasteiger partial charge < -0.3 is 10.1 Å². The summed E-state index contributed by atoms with van der Waals surface area (Å²) >= 11 is 0. The zero-order valence-electron chi connectivity index (χ0n) is 14.5. The lowest BCUT2D eigenvalue weighted by Gasteiger charge is -2.15. The minimum absolute atomic E-state index is 0.0741. The minimum Gasteiger partial charge on any atom is -0.494 e. The van der Waals surface area contributed by atoms with Gasteiger partial charge in [-0.2, -0.15) is 0 Å². The number of benzene rings is 1. The third-order valence-electron chi connectivity index (χ3n) is 4.32. The average molecular weight is 339 g/mol. The van der Waals surface area contributed by atoms with Crippen molar-refractivity contribution < 1.29 is 9.53 Å². The number of nitrogens with zero attached hydrogens (tertiary/aromatic N) is 2. The van der Waals surface area contributed by atoms with Crippen molar-refractivity contribution in [1.82, 2.24) is 15.2 Å². The molecule has 0 bridgehead atoms. The summed E-state index contributed by atoms with van der Waals surface area (Å²) < 4.78 is 5.82. The van der Waals surface area contributed by atoms with Crippen LogP contribution in [0.3, 0.4) is 0 Å². The fourth-order valence-electron chi connectivity index (χ4n) is 3.00. The third kappa shape index (κ3) is 5.57. The summed E-state index contributed by atoms with van der Waals surface area (Å²) in [6.45, 7) is 4.57. The van der Waals surface area contributed by atoms with E-state index >= 15 is 0 Å². The molecule has 0 radical (unpaired) electrons. The fraction of sp³-hybridized carbons (Fsp3) is 0.400. The fourth-order valence-corrected chi connectivity index (χ4v) is 3.00. The maximum Gasteiger partial charge on any atom is 0.251 e. The molecule has 5 heteroatoms. The zero-order chi connectivity index (χ0) is 17.3. The largest absolute Gasteiger partial charge is 0.494 e. The number of hydrogen-bond acceptors (Lipinski definition) is 4. The molecule has 1 aliphatic heterocycles. The highest BCUT2D eigenvalue weighted by molar-refractivity contribution is 5.93. The summed E-state index contributed by atoms with van der Waals surface area (Å²) in [6, 6.07) is 11.7. The van der Waals surface area contributed by atoms with E-state index in [0.717, 1.165) is 18.7 Å². The Labute approximate surface area is 149 Å². The van der Waals surface area contributed by atoms with E-state index in [4.69, 9.17) is 4.74 Å². The molecule has 1 fully saturated rings. The summed E-state index contributed by atoms with van der Waals surface area (Å²) in [5, 5.41) is 2.89. The maximum atomic E-state index is 11.9. The highest BCUT2D eigenvalue weighted by Crippen LogP contribution is 2.17. The van der Waals surface area contributed by atoms with Crippen molar-refractivity contribution in [3.8, 4) is 5.75 Å². The van der Waals surface area contributed by atoms with E-state index < -0.39 is 0 Å². The molecule has 0 aliphatic carbocycles. The average Bonchev–Trinajstić information content (AvgIpc) is 3.15. The summed E-state index contributed by atoms with van der Waals surface area (Å²) in [6.07, 6.45) is 6.62. The molecule has 0 spiro atoms. The standard InChI is InChI=1S/C20H25N3O2/c24-20(18-7-10-21-11-8-18)22-9-4-14-25-19-6-3-5-17(15-19)16-23-12-1-2-13-23/h3,5-8,10-11,15H,1-2,4,9,12-14,16H2,(H,22,24). The van der Waals surface area contributed by atoms with Crippen LogP contribution < -0.4 is 10.1 Å². The van der Waals surface area contributed by atoms with Gasteiger partial charge in [-0.15, -0.1) is 0 Å². The van der Waals surface area contributed by atoms with E-state index in [9.17, 15) is 4.79 Å². The van der Waals surface area contributed by atoms with Gasteiger partial charge in [0.2, 0.25) is 0 Å². The molecule has 0 saturated carbocycles. The number of hydrogen-bond donors (Lipinski definition) is 1. The summed E-state index contributed by atoms with van der Waals surface area (Å²) in [5.41, 5.74) is 1.93. The van der Waals surface area contributed by atoms with Gasteiger partial charge in [0, 0.05) is 31.0 Å². The summed E-state index contributed by atoms with van der Waals surface area (Å²) in [7, 11) is 0. The van der Waals surface area contributed by atoms with E-state index in [1.54, 1.807) is 24.5 Å². The zero-order valence-corrected chi connectivity index (χ0v) is 14.5. The first kappa shape index (κ1) is 17.4. The van der Waals surface area contributed by atoms with Crippen molar-refractivity contribution in [2.24, 2.45) is 0 Å². The van der Waals surface area contributed by atoms with Gasteiger partial charge in [0.15, 0.2) is 0 Å². The molecule has 1 aromatic heterocycles. The van der Waals surface area contributed by atoms with E-state index in [1.807, 2.05) is 12.1 Å². The first-order chi connectivity index (χ1) is 12.3. The third-order valence-corrected chi connectivity index (χ3v) is 4.32. The number of amides is 1. The SMILES string of the molecule is O=C(NCCCOc1cccc(CN2CCCC2)c1)c1ccncc1. The Kier molecular flexibility index (Phi) is 6.40. The normalized spacial score (nSPS) is 14.4. The molecule has 2 heterocycles. The van der Waals surface area contributed by atoms with Crippen LogP contribution in [0.2, 0.25) is 0 Å². The topological polar surface area (TPSA) is 54.5 Å². The number of ether oxygens (including phenoxy) is 1. The molecule has 1 amide bonds. The van der Waals surface area contributed by atoms with Gasteiger partial charge >= 0.3 is 0 Å². The van der Waals surface area contributed by atoms with E-state index in [-0.39, 0.29) is 5.91 Å². The second kappa shape index (κ2) is 9.18. The molecule has 1 aliphatic rings. The number of rotatable bonds is 8. The second-order valence-corrected chi connectivity index (χ2v) is 6.32. The first-order valence-electron chi connectivity index (χ1n) is 8.93. The van der Waals surface area contributed by atoms with E-state index in [0.29, 0.717) is 18.7 Å². The van der Waals surface area contributed by atoms with Crippen LogP contribution in [0.25, 0.3) is 0 Å². The molecular formula is C20H25N3O2. The molecule has 1 N–H and O–H groups in total. The first-order valence-corrected chi connectivity index (χ1v) is 8.93. The Morgan fingerprint density at radius 3 is 2.76 bits per heavy atom. The highest BCUT2D eigenvalue weighted by Gasteiger charge is 2.11. The van der Waals surface area contributed by atoms with Crippen molar-refractivity contribution in [3.63, 3.8) is 0 Å². The number of likely N-dealkylation sites (tertiary alicyclic amines) is 1. The lowest BCUT2D eigenvalue weighted by molar-refractivity contribution is 0.0951. The monoisotopic (exact) mass is 339 g/mol. The van der Waals surface area contributed by atoms with Gasteiger partial charge in [0.1, 0.15) is 5.75 Å². The molecule has 2 aromatic rings. The van der Waals surface area contributed by atoms with Crippen LogP contribution in [0.15, 0.2) is 48.8 Å². The van der Waals surface area contributed by atoms with Gasteiger partial charge in [-0.05, 0) is 62.2 Å². The van der Waals surface area contributed by atoms with Crippen molar-refractivity contribution in [2.75, 3.05) is 26.2 Å². The van der Waals surface area contributed by atoms with Gasteiger partial charge in [-0.25, -0.2) is 0 Å². The predicted octanol–water partition coefficient (Wildman–Crippen LogP) is 2.88. The van der Waals surface area contributed by atoms with Gasteiger partial charge in [-0.1, -0.05) is 12.1 Å². The molecule has 0 unspecified atom stereocenters. The van der Waals surface area contributed by atoms with Gasteiger partial charge in [0.05, 0.1) is 6.61 Å². The van der Waals surface area contributed by atoms with Crippen LogP contribution in [0.1, 0.15) is 35.2 Å². The molecule has 132 valence electrons. The molecule has 3 rings (SSSR count). The van der Waals surface area contributed by atoms with Gasteiger partial charge in [-0.3, -0.25) is 14.7 Å². The predicted molar refractivity (Wildman–Crippen MR) is 97.6 cm³/mol. The quantitative estimate of drug-likeness (QED) is 0.752. The Morgan fingerprint density at radius 1 is 1.16 bits per heavy atom. The van der Waals surface area contributed by atoms with Crippen molar-refractivity contribution in [1.29, 1.82) is 0 Å². The van der Waals surface area contributed by atoms with Crippen molar-refractivity contribution in [3.05, 3.63) is 59.9 Å². The van der Waals surface area contributed by atoms with E-state index in [1.165, 1.54) is 31.5 Å². The molecule has 1 aromatic carbocycles. The number of pyridine rings is 1. The molecule has 1 saturated heterocycles. The molecule has 0 atom stereocenters. The minimum atomic E-state index is -0.0741. The number of carbonyl (C=O) groups is 1. The Balaban J connectivity index is 1.36. The Morgan fingerprint density at radius 2 is 1.96 bits per heavy atom. The van der Waals surface area contributed by atoms with Crippen LogP contribution in [0, 0.1) is 0 Å².